The number of ketones is 1. The van der Waals surface area contributed by atoms with Gasteiger partial charge in [-0.2, -0.15) is 0 Å². The zero-order valence-electron chi connectivity index (χ0n) is 20.0. The second-order valence-corrected chi connectivity index (χ2v) is 9.27. The largest absolute Gasteiger partial charge is 0.294 e. The van der Waals surface area contributed by atoms with E-state index in [1.54, 1.807) is 0 Å². The van der Waals surface area contributed by atoms with Gasteiger partial charge in [-0.25, -0.2) is 0 Å². The summed E-state index contributed by atoms with van der Waals surface area (Å²) in [6.45, 7) is 8.49. The first-order valence-corrected chi connectivity index (χ1v) is 12.5. The normalized spacial score (nSPS) is 17.1. The lowest BCUT2D eigenvalue weighted by Gasteiger charge is -2.24. The van der Waals surface area contributed by atoms with Crippen LogP contribution in [0.3, 0.4) is 0 Å². The van der Waals surface area contributed by atoms with Gasteiger partial charge in [-0.1, -0.05) is 88.6 Å². The van der Waals surface area contributed by atoms with Gasteiger partial charge in [0.2, 0.25) is 0 Å². The number of rotatable bonds is 12. The summed E-state index contributed by atoms with van der Waals surface area (Å²) in [7, 11) is 0. The Morgan fingerprint density at radius 3 is 2.78 bits per heavy atom. The van der Waals surface area contributed by atoms with Crippen molar-refractivity contribution in [2.24, 2.45) is 16.8 Å². The van der Waals surface area contributed by atoms with E-state index in [0.29, 0.717) is 12.3 Å². The van der Waals surface area contributed by atoms with Crippen LogP contribution in [0, 0.1) is 11.8 Å². The molecule has 0 N–H and O–H groups in total. The number of hydrogen-bond donors (Lipinski definition) is 0. The number of benzene rings is 1. The van der Waals surface area contributed by atoms with Crippen LogP contribution in [0.4, 0.5) is 0 Å². The van der Waals surface area contributed by atoms with Crippen molar-refractivity contribution in [3.8, 4) is 0 Å². The fourth-order valence-electron chi connectivity index (χ4n) is 4.60. The van der Waals surface area contributed by atoms with Crippen molar-refractivity contribution in [1.29, 1.82) is 0 Å². The molecule has 3 rings (SSSR count). The molecule has 0 aliphatic heterocycles. The Morgan fingerprint density at radius 2 is 2.06 bits per heavy atom. The standard InChI is InChI=1S/C30H39NO/c1-4-11-26(27-14-8-6-7-9-15-27)18-19-30(32)28-16-17-29(25(5-2)21-28)22-31-23(3)20-24-12-10-13-24/h6,8-9,14-17,21-22,24,26H,3-5,7,10-13,18-20H2,1-2H3. The molecule has 1 fully saturated rings. The highest BCUT2D eigenvalue weighted by Crippen LogP contribution is 2.32. The molecule has 0 saturated heterocycles. The lowest BCUT2D eigenvalue weighted by molar-refractivity contribution is 0.0975. The number of nitrogens with zero attached hydrogens (tertiary/aromatic N) is 1. The highest BCUT2D eigenvalue weighted by Gasteiger charge is 2.18. The molecule has 1 aromatic rings. The van der Waals surface area contributed by atoms with Crippen LogP contribution in [0.5, 0.6) is 0 Å². The molecule has 2 nitrogen and oxygen atoms in total. The third-order valence-corrected chi connectivity index (χ3v) is 6.82. The fraction of sp³-hybridized carbons (Fsp3) is 0.467. The lowest BCUT2D eigenvalue weighted by Crippen LogP contribution is -2.10. The average molecular weight is 430 g/mol. The van der Waals surface area contributed by atoms with Crippen molar-refractivity contribution in [3.05, 3.63) is 83.1 Å². The number of allylic oxidation sites excluding steroid dienone is 7. The van der Waals surface area contributed by atoms with Crippen LogP contribution in [0.15, 0.2) is 71.4 Å². The zero-order valence-corrected chi connectivity index (χ0v) is 20.0. The molecule has 2 aliphatic carbocycles. The Labute approximate surface area is 194 Å². The monoisotopic (exact) mass is 429 g/mol. The van der Waals surface area contributed by atoms with Crippen molar-refractivity contribution in [1.82, 2.24) is 0 Å². The van der Waals surface area contributed by atoms with Crippen LogP contribution in [0.2, 0.25) is 0 Å². The number of aryl methyl sites for hydroxylation is 1. The van der Waals surface area contributed by atoms with Crippen LogP contribution >= 0.6 is 0 Å². The third-order valence-electron chi connectivity index (χ3n) is 6.82. The van der Waals surface area contributed by atoms with Crippen molar-refractivity contribution in [2.75, 3.05) is 0 Å². The van der Waals surface area contributed by atoms with Crippen molar-refractivity contribution >= 4 is 12.0 Å². The predicted octanol–water partition coefficient (Wildman–Crippen LogP) is 8.19. The number of carbonyl (C=O) groups excluding carboxylic acids is 1. The molecular weight excluding hydrogens is 390 g/mol. The molecule has 0 spiro atoms. The van der Waals surface area contributed by atoms with Crippen LogP contribution in [0.25, 0.3) is 0 Å². The molecule has 2 heteroatoms. The SMILES string of the molecule is C=C(CC1CCC1)N=Cc1ccc(C(=O)CCC(CCC)C2=CC=CCC=C2)cc1CC. The lowest BCUT2D eigenvalue weighted by atomic mass is 9.82. The quantitative estimate of drug-likeness (QED) is 0.243. The van der Waals surface area contributed by atoms with Crippen LogP contribution < -0.4 is 0 Å². The van der Waals surface area contributed by atoms with E-state index in [9.17, 15) is 4.79 Å². The van der Waals surface area contributed by atoms with E-state index in [2.05, 4.69) is 67.9 Å². The minimum absolute atomic E-state index is 0.243. The summed E-state index contributed by atoms with van der Waals surface area (Å²) in [6.07, 6.45) is 23.6. The molecule has 1 saturated carbocycles. The minimum Gasteiger partial charge on any atom is -0.294 e. The summed E-state index contributed by atoms with van der Waals surface area (Å²) in [4.78, 5) is 17.6. The average Bonchev–Trinajstić information content (AvgIpc) is 3.07. The number of hydrogen-bond acceptors (Lipinski definition) is 2. The van der Waals surface area contributed by atoms with E-state index in [-0.39, 0.29) is 5.78 Å². The molecule has 0 radical (unpaired) electrons. The Morgan fingerprint density at radius 1 is 1.22 bits per heavy atom. The molecule has 0 aromatic heterocycles. The predicted molar refractivity (Wildman–Crippen MR) is 137 cm³/mol. The topological polar surface area (TPSA) is 29.4 Å². The zero-order chi connectivity index (χ0) is 22.8. The first-order valence-electron chi connectivity index (χ1n) is 12.5. The van der Waals surface area contributed by atoms with E-state index in [1.807, 2.05) is 12.3 Å². The summed E-state index contributed by atoms with van der Waals surface area (Å²) in [5, 5.41) is 0. The van der Waals surface area contributed by atoms with Gasteiger partial charge < -0.3 is 0 Å². The molecule has 32 heavy (non-hydrogen) atoms. The van der Waals surface area contributed by atoms with Crippen molar-refractivity contribution < 1.29 is 4.79 Å². The van der Waals surface area contributed by atoms with Crippen molar-refractivity contribution in [3.63, 3.8) is 0 Å². The van der Waals surface area contributed by atoms with Gasteiger partial charge in [0.1, 0.15) is 0 Å². The van der Waals surface area contributed by atoms with Gasteiger partial charge in [-0.3, -0.25) is 9.79 Å². The van der Waals surface area contributed by atoms with Gasteiger partial charge >= 0.3 is 0 Å². The van der Waals surface area contributed by atoms with Gasteiger partial charge in [0.05, 0.1) is 0 Å². The molecule has 170 valence electrons. The van der Waals surface area contributed by atoms with Crippen molar-refractivity contribution in [2.45, 2.75) is 78.1 Å². The molecule has 0 heterocycles. The maximum Gasteiger partial charge on any atom is 0.162 e. The molecule has 1 aromatic carbocycles. The summed E-state index contributed by atoms with van der Waals surface area (Å²) < 4.78 is 0. The van der Waals surface area contributed by atoms with Gasteiger partial charge in [0, 0.05) is 23.9 Å². The first-order chi connectivity index (χ1) is 15.6. The summed E-state index contributed by atoms with van der Waals surface area (Å²) in [5.41, 5.74) is 5.43. The Balaban J connectivity index is 1.62. The maximum atomic E-state index is 13.0. The highest BCUT2D eigenvalue weighted by atomic mass is 16.1. The number of carbonyl (C=O) groups is 1. The van der Waals surface area contributed by atoms with E-state index >= 15 is 0 Å². The number of aliphatic imine (C=N–C) groups is 1. The molecular formula is C30H39NO. The smallest absolute Gasteiger partial charge is 0.162 e. The summed E-state index contributed by atoms with van der Waals surface area (Å²) in [5.74, 6) is 1.47. The van der Waals surface area contributed by atoms with Gasteiger partial charge in [0.15, 0.2) is 5.78 Å². The van der Waals surface area contributed by atoms with E-state index in [0.717, 1.165) is 61.3 Å². The van der Waals surface area contributed by atoms with Gasteiger partial charge in [-0.15, -0.1) is 0 Å². The molecule has 1 atom stereocenters. The number of Topliss-reactive ketones (excluding diaryl/α,β-unsaturated/α-hetero) is 1. The Hall–Kier alpha value is -2.48. The minimum atomic E-state index is 0.243. The second-order valence-electron chi connectivity index (χ2n) is 9.27. The van der Waals surface area contributed by atoms with E-state index < -0.39 is 0 Å². The third kappa shape index (κ3) is 7.02. The Kier molecular flexibility index (Phi) is 9.46. The van der Waals surface area contributed by atoms with E-state index in [1.165, 1.54) is 30.4 Å². The molecule has 2 aliphatic rings. The summed E-state index contributed by atoms with van der Waals surface area (Å²) in [6, 6.07) is 6.10. The van der Waals surface area contributed by atoms with Gasteiger partial charge in [-0.05, 0) is 66.7 Å². The highest BCUT2D eigenvalue weighted by molar-refractivity contribution is 5.97. The van der Waals surface area contributed by atoms with E-state index in [4.69, 9.17) is 0 Å². The first kappa shape index (κ1) is 24.2. The summed E-state index contributed by atoms with van der Waals surface area (Å²) >= 11 is 0. The molecule has 0 amide bonds. The van der Waals surface area contributed by atoms with Crippen LogP contribution in [-0.2, 0) is 6.42 Å². The maximum absolute atomic E-state index is 13.0. The molecule has 1 unspecified atom stereocenters. The molecule has 0 bridgehead atoms. The van der Waals surface area contributed by atoms with Crippen LogP contribution in [0.1, 0.15) is 93.1 Å². The van der Waals surface area contributed by atoms with Gasteiger partial charge in [0.25, 0.3) is 0 Å². The Bertz CT molecular complexity index is 911. The van der Waals surface area contributed by atoms with Crippen LogP contribution in [-0.4, -0.2) is 12.0 Å². The fourth-order valence-corrected chi connectivity index (χ4v) is 4.60. The second kappa shape index (κ2) is 12.5.